The van der Waals surface area contributed by atoms with Crippen LogP contribution in [-0.4, -0.2) is 18.5 Å². The van der Waals surface area contributed by atoms with Crippen LogP contribution in [0.5, 0.6) is 0 Å². The number of carbonyl (C=O) groups excluding carboxylic acids is 1. The average Bonchev–Trinajstić information content (AvgIpc) is 2.32. The van der Waals surface area contributed by atoms with Crippen molar-refractivity contribution in [2.24, 2.45) is 0 Å². The molecule has 2 N–H and O–H groups in total. The number of amides is 1. The van der Waals surface area contributed by atoms with Crippen molar-refractivity contribution in [1.82, 2.24) is 5.32 Å². The Morgan fingerprint density at radius 3 is 3.00 bits per heavy atom. The summed E-state index contributed by atoms with van der Waals surface area (Å²) in [6.07, 6.45) is 1.77. The molecule has 2 rings (SSSR count). The van der Waals surface area contributed by atoms with Crippen LogP contribution in [0, 0.1) is 11.3 Å². The van der Waals surface area contributed by atoms with Crippen LogP contribution in [0.2, 0.25) is 5.02 Å². The Morgan fingerprint density at radius 2 is 2.35 bits per heavy atom. The van der Waals surface area contributed by atoms with Gasteiger partial charge < -0.3 is 10.6 Å². The Bertz CT molecular complexity index is 481. The molecule has 1 aromatic carbocycles. The number of nitrogens with zero attached hydrogens (tertiary/aromatic N) is 1. The normalized spacial score (nSPS) is 19.3. The summed E-state index contributed by atoms with van der Waals surface area (Å²) in [5, 5.41) is 15.1. The Labute approximate surface area is 105 Å². The highest BCUT2D eigenvalue weighted by molar-refractivity contribution is 6.32. The molecule has 1 aromatic rings. The fourth-order valence-electron chi connectivity index (χ4n) is 1.81. The third kappa shape index (κ3) is 2.69. The molecule has 1 atom stereocenters. The van der Waals surface area contributed by atoms with E-state index in [0.29, 0.717) is 10.6 Å². The maximum Gasteiger partial charge on any atom is 0.242 e. The average molecular weight is 250 g/mol. The number of nitriles is 1. The zero-order chi connectivity index (χ0) is 12.3. The molecule has 17 heavy (non-hydrogen) atoms. The highest BCUT2D eigenvalue weighted by Crippen LogP contribution is 2.21. The predicted octanol–water partition coefficient (Wildman–Crippen LogP) is 1.90. The van der Waals surface area contributed by atoms with Crippen molar-refractivity contribution in [2.75, 3.05) is 11.9 Å². The van der Waals surface area contributed by atoms with Crippen LogP contribution in [0.1, 0.15) is 18.4 Å². The van der Waals surface area contributed by atoms with E-state index in [1.807, 2.05) is 6.07 Å². The number of nitrogens with one attached hydrogen (secondary N) is 2. The maximum absolute atomic E-state index is 11.5. The van der Waals surface area contributed by atoms with E-state index in [0.717, 1.165) is 25.1 Å². The summed E-state index contributed by atoms with van der Waals surface area (Å²) in [6.45, 7) is 0.741. The second-order valence-corrected chi connectivity index (χ2v) is 4.34. The predicted molar refractivity (Wildman–Crippen MR) is 65.8 cm³/mol. The molecule has 1 unspecified atom stereocenters. The fourth-order valence-corrected chi connectivity index (χ4v) is 2.03. The molecule has 0 saturated carbocycles. The van der Waals surface area contributed by atoms with Crippen LogP contribution in [-0.2, 0) is 4.79 Å². The van der Waals surface area contributed by atoms with Gasteiger partial charge in [-0.15, -0.1) is 0 Å². The van der Waals surface area contributed by atoms with E-state index >= 15 is 0 Å². The SMILES string of the molecule is N#Cc1ccc(NC2CCCNC2=O)cc1Cl. The lowest BCUT2D eigenvalue weighted by molar-refractivity contribution is -0.123. The van der Waals surface area contributed by atoms with Gasteiger partial charge in [0.1, 0.15) is 12.1 Å². The van der Waals surface area contributed by atoms with Gasteiger partial charge >= 0.3 is 0 Å². The lowest BCUT2D eigenvalue weighted by atomic mass is 10.1. The van der Waals surface area contributed by atoms with E-state index in [1.165, 1.54) is 0 Å². The Hall–Kier alpha value is -1.73. The molecule has 0 aromatic heterocycles. The van der Waals surface area contributed by atoms with Crippen molar-refractivity contribution in [2.45, 2.75) is 18.9 Å². The van der Waals surface area contributed by atoms with E-state index in [1.54, 1.807) is 18.2 Å². The van der Waals surface area contributed by atoms with Crippen molar-refractivity contribution >= 4 is 23.2 Å². The summed E-state index contributed by atoms with van der Waals surface area (Å²) in [6, 6.07) is 6.85. The quantitative estimate of drug-likeness (QED) is 0.841. The topological polar surface area (TPSA) is 64.9 Å². The zero-order valence-electron chi connectivity index (χ0n) is 9.16. The first-order valence-corrected chi connectivity index (χ1v) is 5.82. The van der Waals surface area contributed by atoms with Crippen LogP contribution in [0.25, 0.3) is 0 Å². The third-order valence-corrected chi connectivity index (χ3v) is 3.03. The Balaban J connectivity index is 2.11. The Morgan fingerprint density at radius 1 is 1.53 bits per heavy atom. The molecule has 4 nitrogen and oxygen atoms in total. The van der Waals surface area contributed by atoms with Crippen molar-refractivity contribution in [1.29, 1.82) is 5.26 Å². The van der Waals surface area contributed by atoms with Crippen LogP contribution in [0.3, 0.4) is 0 Å². The number of carbonyl (C=O) groups is 1. The molecule has 0 bridgehead atoms. The number of piperidine rings is 1. The summed E-state index contributed by atoms with van der Waals surface area (Å²) in [5.74, 6) is 0.0109. The molecule has 5 heteroatoms. The van der Waals surface area contributed by atoms with Gasteiger partial charge in [-0.25, -0.2) is 0 Å². The van der Waals surface area contributed by atoms with Gasteiger partial charge in [0.15, 0.2) is 0 Å². The molecule has 1 aliphatic heterocycles. The number of hydrogen-bond donors (Lipinski definition) is 2. The summed E-state index contributed by atoms with van der Waals surface area (Å²) >= 11 is 5.92. The van der Waals surface area contributed by atoms with Gasteiger partial charge in [0.2, 0.25) is 5.91 Å². The highest BCUT2D eigenvalue weighted by Gasteiger charge is 2.21. The molecule has 88 valence electrons. The molecule has 0 aliphatic carbocycles. The fraction of sp³-hybridized carbons (Fsp3) is 0.333. The Kier molecular flexibility index (Phi) is 3.50. The van der Waals surface area contributed by atoms with Crippen LogP contribution in [0.4, 0.5) is 5.69 Å². The molecule has 1 aliphatic rings. The number of benzene rings is 1. The van der Waals surface area contributed by atoms with Gasteiger partial charge in [-0.2, -0.15) is 5.26 Å². The molecule has 1 amide bonds. The summed E-state index contributed by atoms with van der Waals surface area (Å²) < 4.78 is 0. The minimum absolute atomic E-state index is 0.0109. The first-order valence-electron chi connectivity index (χ1n) is 5.44. The zero-order valence-corrected chi connectivity index (χ0v) is 9.92. The van der Waals surface area contributed by atoms with Gasteiger partial charge in [-0.3, -0.25) is 4.79 Å². The van der Waals surface area contributed by atoms with Gasteiger partial charge in [-0.1, -0.05) is 11.6 Å². The number of hydrogen-bond acceptors (Lipinski definition) is 3. The molecule has 1 fully saturated rings. The minimum atomic E-state index is -0.215. The number of anilines is 1. The minimum Gasteiger partial charge on any atom is -0.374 e. The number of halogens is 1. The molecule has 1 heterocycles. The molecular weight excluding hydrogens is 238 g/mol. The second kappa shape index (κ2) is 5.07. The van der Waals surface area contributed by atoms with Crippen LogP contribution < -0.4 is 10.6 Å². The van der Waals surface area contributed by atoms with Crippen LogP contribution >= 0.6 is 11.6 Å². The van der Waals surface area contributed by atoms with Crippen molar-refractivity contribution in [3.05, 3.63) is 28.8 Å². The highest BCUT2D eigenvalue weighted by atomic mass is 35.5. The van der Waals surface area contributed by atoms with Crippen molar-refractivity contribution in [3.8, 4) is 6.07 Å². The maximum atomic E-state index is 11.5. The van der Waals surface area contributed by atoms with E-state index < -0.39 is 0 Å². The molecule has 1 saturated heterocycles. The lowest BCUT2D eigenvalue weighted by Crippen LogP contribution is -2.44. The number of rotatable bonds is 2. The first kappa shape index (κ1) is 11.7. The van der Waals surface area contributed by atoms with Crippen LogP contribution in [0.15, 0.2) is 18.2 Å². The smallest absolute Gasteiger partial charge is 0.242 e. The van der Waals surface area contributed by atoms with E-state index in [2.05, 4.69) is 10.6 Å². The largest absolute Gasteiger partial charge is 0.374 e. The standard InChI is InChI=1S/C12H12ClN3O/c13-10-6-9(4-3-8(10)7-14)16-11-2-1-5-15-12(11)17/h3-4,6,11,16H,1-2,5H2,(H,15,17). The van der Waals surface area contributed by atoms with Gasteiger partial charge in [-0.05, 0) is 31.0 Å². The third-order valence-electron chi connectivity index (χ3n) is 2.72. The van der Waals surface area contributed by atoms with Crippen molar-refractivity contribution in [3.63, 3.8) is 0 Å². The first-order chi connectivity index (χ1) is 8.20. The van der Waals surface area contributed by atoms with E-state index in [4.69, 9.17) is 16.9 Å². The van der Waals surface area contributed by atoms with Gasteiger partial charge in [0.25, 0.3) is 0 Å². The molecule has 0 radical (unpaired) electrons. The molecular formula is C12H12ClN3O. The van der Waals surface area contributed by atoms with E-state index in [9.17, 15) is 4.79 Å². The summed E-state index contributed by atoms with van der Waals surface area (Å²) in [7, 11) is 0. The summed E-state index contributed by atoms with van der Waals surface area (Å²) in [4.78, 5) is 11.5. The van der Waals surface area contributed by atoms with Gasteiger partial charge in [0, 0.05) is 12.2 Å². The van der Waals surface area contributed by atoms with Crippen molar-refractivity contribution < 1.29 is 4.79 Å². The molecule has 0 spiro atoms. The van der Waals surface area contributed by atoms with Gasteiger partial charge in [0.05, 0.1) is 10.6 Å². The monoisotopic (exact) mass is 249 g/mol. The lowest BCUT2D eigenvalue weighted by Gasteiger charge is -2.23. The van der Waals surface area contributed by atoms with E-state index in [-0.39, 0.29) is 11.9 Å². The summed E-state index contributed by atoms with van der Waals surface area (Å²) in [5.41, 5.74) is 1.20. The second-order valence-electron chi connectivity index (χ2n) is 3.94.